The highest BCUT2D eigenvalue weighted by molar-refractivity contribution is 5.83. The minimum absolute atomic E-state index is 0.0591. The van der Waals surface area contributed by atoms with Crippen LogP contribution in [0.1, 0.15) is 40.9 Å². The molecule has 35 heavy (non-hydrogen) atoms. The average molecular weight is 476 g/mol. The molecule has 182 valence electrons. The fourth-order valence-electron chi connectivity index (χ4n) is 5.35. The maximum Gasteiger partial charge on any atom is 0.240 e. The predicted molar refractivity (Wildman–Crippen MR) is 131 cm³/mol. The van der Waals surface area contributed by atoms with E-state index in [1.807, 2.05) is 29.2 Å². The van der Waals surface area contributed by atoms with E-state index >= 15 is 0 Å². The molecule has 0 radical (unpaired) electrons. The summed E-state index contributed by atoms with van der Waals surface area (Å²) in [6, 6.07) is 14.7. The number of fused-ring (bicyclic) bond motifs is 2. The quantitative estimate of drug-likeness (QED) is 0.551. The molecule has 1 unspecified atom stereocenters. The molecule has 6 nitrogen and oxygen atoms in total. The lowest BCUT2D eigenvalue weighted by molar-refractivity contribution is -0.140. The smallest absolute Gasteiger partial charge is 0.240 e. The highest BCUT2D eigenvalue weighted by atomic mass is 19.1. The molecule has 2 aliphatic heterocycles. The highest BCUT2D eigenvalue weighted by Gasteiger charge is 2.38. The molecule has 7 heteroatoms. The van der Waals surface area contributed by atoms with E-state index < -0.39 is 6.04 Å². The molecule has 0 saturated heterocycles. The van der Waals surface area contributed by atoms with Gasteiger partial charge in [0, 0.05) is 25.8 Å². The van der Waals surface area contributed by atoms with E-state index in [2.05, 4.69) is 28.9 Å². The molecule has 3 heterocycles. The summed E-state index contributed by atoms with van der Waals surface area (Å²) in [7, 11) is 3.25. The van der Waals surface area contributed by atoms with Crippen molar-refractivity contribution in [2.75, 3.05) is 20.8 Å². The van der Waals surface area contributed by atoms with E-state index in [1.54, 1.807) is 26.5 Å². The van der Waals surface area contributed by atoms with Crippen LogP contribution in [0.15, 0.2) is 54.7 Å². The summed E-state index contributed by atoms with van der Waals surface area (Å²) in [6.07, 6.45) is 2.92. The first-order valence-electron chi connectivity index (χ1n) is 12.0. The number of benzene rings is 2. The number of nitrogens with zero attached hydrogens (tertiary/aromatic N) is 3. The van der Waals surface area contributed by atoms with Crippen LogP contribution < -0.4 is 9.47 Å². The van der Waals surface area contributed by atoms with Gasteiger partial charge in [0.15, 0.2) is 11.5 Å². The maximum atomic E-state index is 14.5. The summed E-state index contributed by atoms with van der Waals surface area (Å²) in [5.74, 6) is 1.07. The SMILES string of the molecule is COc1cc2c(cc1OC)[C@@H](C)N(C(=O)C1Cc3ccccc3CN1Cc1ncccc1F)CC2. The Labute approximate surface area is 205 Å². The van der Waals surface area contributed by atoms with Gasteiger partial charge in [0.05, 0.1) is 32.0 Å². The van der Waals surface area contributed by atoms with Gasteiger partial charge in [-0.05, 0) is 66.3 Å². The predicted octanol–water partition coefficient (Wildman–Crippen LogP) is 4.31. The summed E-state index contributed by atoms with van der Waals surface area (Å²) < 4.78 is 25.5. The minimum atomic E-state index is -0.393. The normalized spacial score (nSPS) is 19.6. The first-order valence-corrected chi connectivity index (χ1v) is 12.0. The standard InChI is InChI=1S/C28H30FN3O3/c1-18-22-15-27(35-3)26(34-2)14-20(22)10-12-32(18)28(33)25-13-19-7-4-5-8-21(19)16-31(25)17-24-23(29)9-6-11-30-24/h4-9,11,14-15,18,25H,10,12-13,16-17H2,1-3H3/t18-,25?/m1/s1. The number of methoxy groups -OCH3 is 2. The van der Waals surface area contributed by atoms with E-state index in [-0.39, 0.29) is 24.3 Å². The molecule has 1 amide bonds. The van der Waals surface area contributed by atoms with Gasteiger partial charge in [0.25, 0.3) is 0 Å². The van der Waals surface area contributed by atoms with Crippen molar-refractivity contribution in [3.8, 4) is 11.5 Å². The van der Waals surface area contributed by atoms with Crippen molar-refractivity contribution in [1.29, 1.82) is 0 Å². The van der Waals surface area contributed by atoms with E-state index in [4.69, 9.17) is 9.47 Å². The fraction of sp³-hybridized carbons (Fsp3) is 0.357. The Morgan fingerprint density at radius 3 is 2.54 bits per heavy atom. The van der Waals surface area contributed by atoms with Crippen LogP contribution in [0.3, 0.4) is 0 Å². The first kappa shape index (κ1) is 23.3. The number of hydrogen-bond acceptors (Lipinski definition) is 5. The van der Waals surface area contributed by atoms with E-state index in [0.29, 0.717) is 36.7 Å². The number of amides is 1. The Morgan fingerprint density at radius 2 is 1.80 bits per heavy atom. The summed E-state index contributed by atoms with van der Waals surface area (Å²) in [5, 5.41) is 0. The largest absolute Gasteiger partial charge is 0.493 e. The monoisotopic (exact) mass is 475 g/mol. The second kappa shape index (κ2) is 9.66. The van der Waals surface area contributed by atoms with Gasteiger partial charge >= 0.3 is 0 Å². The van der Waals surface area contributed by atoms with Crippen LogP contribution >= 0.6 is 0 Å². The summed E-state index contributed by atoms with van der Waals surface area (Å²) in [4.78, 5) is 22.3. The summed E-state index contributed by atoms with van der Waals surface area (Å²) in [5.41, 5.74) is 4.93. The Kier molecular flexibility index (Phi) is 6.43. The number of carbonyl (C=O) groups excluding carboxylic acids is 1. The molecule has 0 saturated carbocycles. The molecule has 2 aliphatic rings. The molecule has 0 aliphatic carbocycles. The number of hydrogen-bond donors (Lipinski definition) is 0. The van der Waals surface area contributed by atoms with Crippen molar-refractivity contribution in [2.24, 2.45) is 0 Å². The Bertz CT molecular complexity index is 1250. The second-order valence-electron chi connectivity index (χ2n) is 9.19. The molecule has 2 atom stereocenters. The molecule has 1 aromatic heterocycles. The van der Waals surface area contributed by atoms with Crippen LogP contribution in [0.25, 0.3) is 0 Å². The molecule has 2 aromatic carbocycles. The summed E-state index contributed by atoms with van der Waals surface area (Å²) >= 11 is 0. The third-order valence-electron chi connectivity index (χ3n) is 7.29. The van der Waals surface area contributed by atoms with Crippen molar-refractivity contribution in [2.45, 2.75) is 44.9 Å². The zero-order chi connectivity index (χ0) is 24.5. The van der Waals surface area contributed by atoms with Crippen LogP contribution in [0.4, 0.5) is 4.39 Å². The van der Waals surface area contributed by atoms with Crippen molar-refractivity contribution in [1.82, 2.24) is 14.8 Å². The highest BCUT2D eigenvalue weighted by Crippen LogP contribution is 2.39. The number of rotatable bonds is 5. The average Bonchev–Trinajstić information content (AvgIpc) is 2.88. The second-order valence-corrected chi connectivity index (χ2v) is 9.19. The van der Waals surface area contributed by atoms with E-state index in [1.165, 1.54) is 22.8 Å². The van der Waals surface area contributed by atoms with Crippen LogP contribution in [-0.4, -0.2) is 47.5 Å². The molecular formula is C28H30FN3O3. The van der Waals surface area contributed by atoms with Gasteiger partial charge in [0.1, 0.15) is 5.82 Å². The molecule has 0 N–H and O–H groups in total. The van der Waals surface area contributed by atoms with Crippen molar-refractivity contribution in [3.05, 3.63) is 88.5 Å². The van der Waals surface area contributed by atoms with Crippen LogP contribution in [0.5, 0.6) is 11.5 Å². The van der Waals surface area contributed by atoms with E-state index in [9.17, 15) is 9.18 Å². The molecule has 5 rings (SSSR count). The van der Waals surface area contributed by atoms with Gasteiger partial charge in [-0.1, -0.05) is 24.3 Å². The maximum absolute atomic E-state index is 14.5. The van der Waals surface area contributed by atoms with Crippen molar-refractivity contribution in [3.63, 3.8) is 0 Å². The van der Waals surface area contributed by atoms with Gasteiger partial charge < -0.3 is 14.4 Å². The zero-order valence-electron chi connectivity index (χ0n) is 20.3. The third kappa shape index (κ3) is 4.36. The summed E-state index contributed by atoms with van der Waals surface area (Å²) in [6.45, 7) is 3.53. The van der Waals surface area contributed by atoms with Crippen molar-refractivity contribution >= 4 is 5.91 Å². The Hall–Kier alpha value is -3.45. The molecule has 0 bridgehead atoms. The lowest BCUT2D eigenvalue weighted by Gasteiger charge is -2.42. The minimum Gasteiger partial charge on any atom is -0.493 e. The molecule has 0 fully saturated rings. The number of ether oxygens (including phenoxy) is 2. The van der Waals surface area contributed by atoms with Gasteiger partial charge in [0.2, 0.25) is 5.91 Å². The van der Waals surface area contributed by atoms with Crippen LogP contribution in [0.2, 0.25) is 0 Å². The molecule has 3 aromatic rings. The van der Waals surface area contributed by atoms with Gasteiger partial charge in [-0.15, -0.1) is 0 Å². The van der Waals surface area contributed by atoms with Crippen LogP contribution in [-0.2, 0) is 30.7 Å². The van der Waals surface area contributed by atoms with E-state index in [0.717, 1.165) is 12.0 Å². The lowest BCUT2D eigenvalue weighted by atomic mass is 9.89. The van der Waals surface area contributed by atoms with Crippen LogP contribution in [0, 0.1) is 5.82 Å². The van der Waals surface area contributed by atoms with Gasteiger partial charge in [-0.25, -0.2) is 4.39 Å². The molecular weight excluding hydrogens is 445 g/mol. The topological polar surface area (TPSA) is 54.9 Å². The Balaban J connectivity index is 1.46. The fourth-order valence-corrected chi connectivity index (χ4v) is 5.35. The van der Waals surface area contributed by atoms with Gasteiger partial charge in [-0.3, -0.25) is 14.7 Å². The zero-order valence-corrected chi connectivity index (χ0v) is 20.3. The lowest BCUT2D eigenvalue weighted by Crippen LogP contribution is -2.53. The number of halogens is 1. The first-order chi connectivity index (χ1) is 17.0. The van der Waals surface area contributed by atoms with Crippen molar-refractivity contribution < 1.29 is 18.7 Å². The van der Waals surface area contributed by atoms with Gasteiger partial charge in [-0.2, -0.15) is 0 Å². The number of pyridine rings is 1. The number of aromatic nitrogens is 1. The number of carbonyl (C=O) groups is 1. The molecule has 0 spiro atoms. The Morgan fingerprint density at radius 1 is 1.06 bits per heavy atom. The third-order valence-corrected chi connectivity index (χ3v) is 7.29.